The van der Waals surface area contributed by atoms with Crippen LogP contribution in [0.4, 0.5) is 19.3 Å². The topological polar surface area (TPSA) is 79.2 Å². The van der Waals surface area contributed by atoms with Crippen molar-refractivity contribution < 1.29 is 18.7 Å². The molecule has 0 aliphatic heterocycles. The van der Waals surface area contributed by atoms with Gasteiger partial charge in [-0.3, -0.25) is 4.68 Å². The zero-order chi connectivity index (χ0) is 14.6. The lowest BCUT2D eigenvalue weighted by atomic mass is 10.0. The van der Waals surface area contributed by atoms with Crippen LogP contribution in [0.2, 0.25) is 0 Å². The summed E-state index contributed by atoms with van der Waals surface area (Å²) in [6.45, 7) is -0.326. The van der Waals surface area contributed by atoms with Crippen LogP contribution in [0.15, 0.2) is 12.4 Å². The number of nitrogens with one attached hydrogen (secondary N) is 2. The van der Waals surface area contributed by atoms with E-state index in [1.54, 1.807) is 0 Å². The van der Waals surface area contributed by atoms with Gasteiger partial charge >= 0.3 is 6.03 Å². The van der Waals surface area contributed by atoms with Crippen LogP contribution >= 0.6 is 0 Å². The first-order valence-electron chi connectivity index (χ1n) is 6.55. The lowest BCUT2D eigenvalue weighted by Crippen LogP contribution is -2.42. The Morgan fingerprint density at radius 3 is 2.85 bits per heavy atom. The molecule has 1 fully saturated rings. The SMILES string of the molecule is O=C(NCC1(O)CCCC1)Nc1cnn(CC(F)F)c1. The second-order valence-corrected chi connectivity index (χ2v) is 5.08. The Hall–Kier alpha value is -1.70. The van der Waals surface area contributed by atoms with Gasteiger partial charge in [0, 0.05) is 12.7 Å². The van der Waals surface area contributed by atoms with Crippen molar-refractivity contribution in [2.24, 2.45) is 0 Å². The van der Waals surface area contributed by atoms with Crippen LogP contribution in [-0.2, 0) is 6.54 Å². The highest BCUT2D eigenvalue weighted by atomic mass is 19.3. The lowest BCUT2D eigenvalue weighted by Gasteiger charge is -2.22. The summed E-state index contributed by atoms with van der Waals surface area (Å²) in [6.07, 6.45) is 3.41. The highest BCUT2D eigenvalue weighted by Crippen LogP contribution is 2.28. The number of rotatable bonds is 5. The van der Waals surface area contributed by atoms with Crippen molar-refractivity contribution in [2.75, 3.05) is 11.9 Å². The molecule has 1 aliphatic rings. The van der Waals surface area contributed by atoms with Gasteiger partial charge in [0.2, 0.25) is 0 Å². The van der Waals surface area contributed by atoms with Crippen LogP contribution in [0.1, 0.15) is 25.7 Å². The molecule has 2 rings (SSSR count). The molecule has 0 unspecified atom stereocenters. The van der Waals surface area contributed by atoms with Gasteiger partial charge in [-0.15, -0.1) is 0 Å². The van der Waals surface area contributed by atoms with Crippen molar-refractivity contribution >= 4 is 11.7 Å². The van der Waals surface area contributed by atoms with E-state index >= 15 is 0 Å². The average molecular weight is 288 g/mol. The Morgan fingerprint density at radius 2 is 2.20 bits per heavy atom. The Morgan fingerprint density at radius 1 is 1.50 bits per heavy atom. The average Bonchev–Trinajstić information content (AvgIpc) is 2.97. The third-order valence-electron chi connectivity index (χ3n) is 3.33. The molecular formula is C12H18F2N4O2. The molecule has 20 heavy (non-hydrogen) atoms. The van der Waals surface area contributed by atoms with Crippen molar-refractivity contribution in [1.82, 2.24) is 15.1 Å². The number of carbonyl (C=O) groups excluding carboxylic acids is 1. The largest absolute Gasteiger partial charge is 0.388 e. The van der Waals surface area contributed by atoms with E-state index in [2.05, 4.69) is 15.7 Å². The van der Waals surface area contributed by atoms with Gasteiger partial charge in [-0.05, 0) is 12.8 Å². The minimum atomic E-state index is -2.49. The quantitative estimate of drug-likeness (QED) is 0.769. The lowest BCUT2D eigenvalue weighted by molar-refractivity contribution is 0.0506. The fourth-order valence-electron chi connectivity index (χ4n) is 2.30. The van der Waals surface area contributed by atoms with E-state index in [9.17, 15) is 18.7 Å². The molecule has 6 nitrogen and oxygen atoms in total. The summed E-state index contributed by atoms with van der Waals surface area (Å²) < 4.78 is 25.3. The van der Waals surface area contributed by atoms with Gasteiger partial charge in [-0.25, -0.2) is 13.6 Å². The molecule has 0 spiro atoms. The van der Waals surface area contributed by atoms with Crippen LogP contribution in [-0.4, -0.2) is 39.5 Å². The van der Waals surface area contributed by atoms with Gasteiger partial charge in [0.1, 0.15) is 6.54 Å². The number of carbonyl (C=O) groups is 1. The minimum absolute atomic E-state index is 0.185. The van der Waals surface area contributed by atoms with Crippen molar-refractivity contribution in [3.05, 3.63) is 12.4 Å². The summed E-state index contributed by atoms with van der Waals surface area (Å²) in [4.78, 5) is 11.6. The number of amides is 2. The fourth-order valence-corrected chi connectivity index (χ4v) is 2.30. The summed E-state index contributed by atoms with van der Waals surface area (Å²) in [5, 5.41) is 18.8. The smallest absolute Gasteiger partial charge is 0.319 e. The van der Waals surface area contributed by atoms with Gasteiger partial charge in [-0.1, -0.05) is 12.8 Å². The second-order valence-electron chi connectivity index (χ2n) is 5.08. The molecule has 0 radical (unpaired) electrons. The number of halogens is 2. The summed E-state index contributed by atoms with van der Waals surface area (Å²) in [5.74, 6) is 0. The molecule has 1 saturated carbocycles. The molecule has 3 N–H and O–H groups in total. The molecule has 112 valence electrons. The minimum Gasteiger partial charge on any atom is -0.388 e. The number of aromatic nitrogens is 2. The Balaban J connectivity index is 1.77. The number of urea groups is 1. The van der Waals surface area contributed by atoms with Gasteiger partial charge < -0.3 is 15.7 Å². The maximum Gasteiger partial charge on any atom is 0.319 e. The zero-order valence-corrected chi connectivity index (χ0v) is 11.0. The number of nitrogens with zero attached hydrogens (tertiary/aromatic N) is 2. The Labute approximate surface area is 115 Å². The Kier molecular flexibility index (Phi) is 4.53. The van der Waals surface area contributed by atoms with E-state index in [1.165, 1.54) is 12.4 Å². The van der Waals surface area contributed by atoms with Crippen molar-refractivity contribution in [1.29, 1.82) is 0 Å². The second kappa shape index (κ2) is 6.17. The molecule has 1 aromatic heterocycles. The van der Waals surface area contributed by atoms with Gasteiger partial charge in [-0.2, -0.15) is 5.10 Å². The first-order valence-corrected chi connectivity index (χ1v) is 6.55. The van der Waals surface area contributed by atoms with Crippen LogP contribution < -0.4 is 10.6 Å². The number of anilines is 1. The van der Waals surface area contributed by atoms with E-state index in [4.69, 9.17) is 0 Å². The molecule has 2 amide bonds. The van der Waals surface area contributed by atoms with Crippen molar-refractivity contribution in [2.45, 2.75) is 44.3 Å². The number of alkyl halides is 2. The molecule has 0 aromatic carbocycles. The van der Waals surface area contributed by atoms with Gasteiger partial charge in [0.25, 0.3) is 6.43 Å². The summed E-state index contributed by atoms with van der Waals surface area (Å²) in [7, 11) is 0. The third-order valence-corrected chi connectivity index (χ3v) is 3.33. The van der Waals surface area contributed by atoms with Crippen LogP contribution in [0.25, 0.3) is 0 Å². The van der Waals surface area contributed by atoms with Gasteiger partial charge in [0.15, 0.2) is 0 Å². The van der Waals surface area contributed by atoms with Crippen LogP contribution in [0, 0.1) is 0 Å². The predicted molar refractivity (Wildman–Crippen MR) is 68.7 cm³/mol. The number of hydrogen-bond acceptors (Lipinski definition) is 3. The van der Waals surface area contributed by atoms with E-state index in [1.807, 2.05) is 0 Å². The highest BCUT2D eigenvalue weighted by molar-refractivity contribution is 5.88. The molecule has 1 heterocycles. The zero-order valence-electron chi connectivity index (χ0n) is 11.0. The molecule has 0 atom stereocenters. The molecule has 1 aliphatic carbocycles. The standard InChI is InChI=1S/C12H18F2N4O2/c13-10(14)7-18-6-9(5-16-18)17-11(19)15-8-12(20)3-1-2-4-12/h5-6,10,20H,1-4,7-8H2,(H2,15,17,19). The van der Waals surface area contributed by atoms with E-state index in [0.717, 1.165) is 17.5 Å². The molecule has 0 saturated heterocycles. The summed E-state index contributed by atoms with van der Waals surface area (Å²) in [6, 6.07) is -0.484. The molecular weight excluding hydrogens is 270 g/mol. The van der Waals surface area contributed by atoms with E-state index in [-0.39, 0.29) is 6.54 Å². The molecule has 1 aromatic rings. The Bertz CT molecular complexity index is 458. The summed E-state index contributed by atoms with van der Waals surface area (Å²) >= 11 is 0. The first-order chi connectivity index (χ1) is 9.47. The number of hydrogen-bond donors (Lipinski definition) is 3. The maximum absolute atomic E-state index is 12.1. The highest BCUT2D eigenvalue weighted by Gasteiger charge is 2.31. The predicted octanol–water partition coefficient (Wildman–Crippen LogP) is 1.57. The summed E-state index contributed by atoms with van der Waals surface area (Å²) in [5.41, 5.74) is -0.487. The molecule has 0 bridgehead atoms. The normalized spacial score (nSPS) is 17.4. The number of aliphatic hydroxyl groups is 1. The van der Waals surface area contributed by atoms with Crippen molar-refractivity contribution in [3.8, 4) is 0 Å². The molecule has 8 heteroatoms. The van der Waals surface area contributed by atoms with Crippen molar-refractivity contribution in [3.63, 3.8) is 0 Å². The van der Waals surface area contributed by atoms with E-state index in [0.29, 0.717) is 18.5 Å². The third kappa shape index (κ3) is 4.16. The van der Waals surface area contributed by atoms with Crippen LogP contribution in [0.3, 0.4) is 0 Å². The first kappa shape index (κ1) is 14.7. The monoisotopic (exact) mass is 288 g/mol. The maximum atomic E-state index is 12.1. The van der Waals surface area contributed by atoms with Gasteiger partial charge in [0.05, 0.1) is 17.5 Å². The van der Waals surface area contributed by atoms with Crippen LogP contribution in [0.5, 0.6) is 0 Å². The fraction of sp³-hybridized carbons (Fsp3) is 0.667. The van der Waals surface area contributed by atoms with E-state index < -0.39 is 24.6 Å².